The maximum absolute atomic E-state index is 14.5. The van der Waals surface area contributed by atoms with Gasteiger partial charge in [0.1, 0.15) is 22.6 Å². The molecule has 1 N–H and O–H groups in total. The molecule has 7 nitrogen and oxygen atoms in total. The number of carbonyl (C=O) groups excluding carboxylic acids is 1. The van der Waals surface area contributed by atoms with Gasteiger partial charge in [-0.2, -0.15) is 0 Å². The number of hydrogen-bond donors (Lipinski definition) is 1. The summed E-state index contributed by atoms with van der Waals surface area (Å²) in [6, 6.07) is 6.30. The first-order valence-corrected chi connectivity index (χ1v) is 10.5. The molecule has 0 unspecified atom stereocenters. The summed E-state index contributed by atoms with van der Waals surface area (Å²) in [5.74, 6) is -0.929. The third kappa shape index (κ3) is 4.92. The van der Waals surface area contributed by atoms with Gasteiger partial charge in [0.05, 0.1) is 6.20 Å². The zero-order chi connectivity index (χ0) is 22.9. The number of ether oxygens (including phenoxy) is 1. The van der Waals surface area contributed by atoms with Crippen molar-refractivity contribution in [2.75, 3.05) is 18.4 Å². The topological polar surface area (TPSA) is 80.2 Å². The lowest BCUT2D eigenvalue weighted by Gasteiger charge is -2.33. The van der Waals surface area contributed by atoms with Crippen LogP contribution in [0.5, 0.6) is 0 Å². The van der Waals surface area contributed by atoms with Gasteiger partial charge in [-0.3, -0.25) is 4.98 Å². The highest BCUT2D eigenvalue weighted by molar-refractivity contribution is 5.84. The maximum Gasteiger partial charge on any atom is 0.410 e. The van der Waals surface area contributed by atoms with Crippen LogP contribution in [0.2, 0.25) is 0 Å². The van der Waals surface area contributed by atoms with E-state index in [0.29, 0.717) is 36.9 Å². The van der Waals surface area contributed by atoms with Gasteiger partial charge in [0.15, 0.2) is 5.82 Å². The number of rotatable bonds is 3. The van der Waals surface area contributed by atoms with E-state index in [9.17, 15) is 13.6 Å². The minimum Gasteiger partial charge on any atom is -0.444 e. The molecule has 1 aromatic carbocycles. The minimum absolute atomic E-state index is 0.0124. The van der Waals surface area contributed by atoms with Crippen molar-refractivity contribution in [1.29, 1.82) is 0 Å². The number of nitrogens with one attached hydrogen (secondary N) is 1. The first kappa shape index (κ1) is 21.9. The summed E-state index contributed by atoms with van der Waals surface area (Å²) in [5.41, 5.74) is 0.00730. The number of carbonyl (C=O) groups is 1. The van der Waals surface area contributed by atoms with Gasteiger partial charge < -0.3 is 15.0 Å². The van der Waals surface area contributed by atoms with Crippen molar-refractivity contribution in [1.82, 2.24) is 19.9 Å². The number of hydrogen-bond acceptors (Lipinski definition) is 6. The Hall–Kier alpha value is -3.36. The fraction of sp³-hybridized carbons (Fsp3) is 0.391. The fourth-order valence-electron chi connectivity index (χ4n) is 3.64. The molecule has 168 valence electrons. The van der Waals surface area contributed by atoms with Crippen LogP contribution in [0, 0.1) is 11.6 Å². The van der Waals surface area contributed by atoms with Gasteiger partial charge in [0.25, 0.3) is 0 Å². The molecule has 4 rings (SSSR count). The molecule has 1 fully saturated rings. The summed E-state index contributed by atoms with van der Waals surface area (Å²) in [6.45, 7) is 6.56. The molecule has 1 aliphatic heterocycles. The Morgan fingerprint density at radius 2 is 1.91 bits per heavy atom. The van der Waals surface area contributed by atoms with Gasteiger partial charge in [0, 0.05) is 36.3 Å². The molecular formula is C23H25F2N5O2. The molecule has 1 saturated heterocycles. The highest BCUT2D eigenvalue weighted by atomic mass is 19.1. The standard InChI is InChI=1S/C23H25F2N5O2/c1-23(2,3)32-22(31)30-9-6-16(7-10-30)28-21-27-13-18(25)20(29-21)15-11-14-5-4-8-26-19(14)17(24)12-15/h4-5,8,11-13,16H,6-7,9-10H2,1-3H3,(H,27,28,29). The van der Waals surface area contributed by atoms with Crippen LogP contribution >= 0.6 is 0 Å². The number of fused-ring (bicyclic) bond motifs is 1. The van der Waals surface area contributed by atoms with Crippen LogP contribution in [0.25, 0.3) is 22.2 Å². The van der Waals surface area contributed by atoms with Crippen molar-refractivity contribution in [3.05, 3.63) is 48.3 Å². The second kappa shape index (κ2) is 8.64. The predicted molar refractivity (Wildman–Crippen MR) is 117 cm³/mol. The van der Waals surface area contributed by atoms with E-state index >= 15 is 0 Å². The van der Waals surface area contributed by atoms with E-state index in [-0.39, 0.29) is 29.3 Å². The SMILES string of the molecule is CC(C)(C)OC(=O)N1CCC(Nc2ncc(F)c(-c3cc(F)c4ncccc4c3)n2)CC1. The highest BCUT2D eigenvalue weighted by Crippen LogP contribution is 2.27. The molecule has 3 heterocycles. The van der Waals surface area contributed by atoms with Gasteiger partial charge in [-0.15, -0.1) is 0 Å². The monoisotopic (exact) mass is 441 g/mol. The van der Waals surface area contributed by atoms with Crippen LogP contribution in [-0.4, -0.2) is 50.7 Å². The molecule has 9 heteroatoms. The maximum atomic E-state index is 14.5. The van der Waals surface area contributed by atoms with Gasteiger partial charge >= 0.3 is 6.09 Å². The lowest BCUT2D eigenvalue weighted by molar-refractivity contribution is 0.0210. The van der Waals surface area contributed by atoms with Crippen LogP contribution in [0.1, 0.15) is 33.6 Å². The Morgan fingerprint density at radius 3 is 2.62 bits per heavy atom. The van der Waals surface area contributed by atoms with Crippen molar-refractivity contribution >= 4 is 22.9 Å². The largest absolute Gasteiger partial charge is 0.444 e. The van der Waals surface area contributed by atoms with Gasteiger partial charge in [-0.1, -0.05) is 6.07 Å². The van der Waals surface area contributed by atoms with Crippen molar-refractivity contribution in [3.63, 3.8) is 0 Å². The summed E-state index contributed by atoms with van der Waals surface area (Å²) in [7, 11) is 0. The molecule has 32 heavy (non-hydrogen) atoms. The van der Waals surface area contributed by atoms with Crippen LogP contribution in [0.4, 0.5) is 19.5 Å². The molecule has 3 aromatic rings. The average molecular weight is 441 g/mol. The molecule has 0 bridgehead atoms. The Morgan fingerprint density at radius 1 is 1.16 bits per heavy atom. The molecule has 0 saturated carbocycles. The first-order chi connectivity index (χ1) is 15.2. The number of halogens is 2. The molecule has 0 spiro atoms. The van der Waals surface area contributed by atoms with Crippen molar-refractivity contribution in [2.24, 2.45) is 0 Å². The van der Waals surface area contributed by atoms with Crippen molar-refractivity contribution in [2.45, 2.75) is 45.3 Å². The first-order valence-electron chi connectivity index (χ1n) is 10.5. The molecule has 0 aliphatic carbocycles. The molecule has 2 aromatic heterocycles. The van der Waals surface area contributed by atoms with Crippen molar-refractivity contribution in [3.8, 4) is 11.3 Å². The number of piperidine rings is 1. The second-order valence-corrected chi connectivity index (χ2v) is 8.81. The third-order valence-corrected chi connectivity index (χ3v) is 5.16. The summed E-state index contributed by atoms with van der Waals surface area (Å²) < 4.78 is 34.4. The number of aromatic nitrogens is 3. The average Bonchev–Trinajstić information content (AvgIpc) is 2.74. The highest BCUT2D eigenvalue weighted by Gasteiger charge is 2.27. The lowest BCUT2D eigenvalue weighted by atomic mass is 10.1. The Labute approximate surface area is 184 Å². The molecular weight excluding hydrogens is 416 g/mol. The Kier molecular flexibility index (Phi) is 5.90. The second-order valence-electron chi connectivity index (χ2n) is 8.81. The van der Waals surface area contributed by atoms with Gasteiger partial charge in [-0.05, 0) is 51.8 Å². The number of anilines is 1. The summed E-state index contributed by atoms with van der Waals surface area (Å²) in [6.07, 6.45) is 3.60. The van der Waals surface area contributed by atoms with Crippen LogP contribution in [0.15, 0.2) is 36.7 Å². The smallest absolute Gasteiger partial charge is 0.410 e. The zero-order valence-electron chi connectivity index (χ0n) is 18.2. The summed E-state index contributed by atoms with van der Waals surface area (Å²) in [4.78, 5) is 26.2. The van der Waals surface area contributed by atoms with Crippen molar-refractivity contribution < 1.29 is 18.3 Å². The van der Waals surface area contributed by atoms with Gasteiger partial charge in [-0.25, -0.2) is 23.5 Å². The Balaban J connectivity index is 1.47. The van der Waals surface area contributed by atoms with Crippen LogP contribution in [-0.2, 0) is 4.74 Å². The predicted octanol–water partition coefficient (Wildman–Crippen LogP) is 4.78. The molecule has 1 aliphatic rings. The lowest BCUT2D eigenvalue weighted by Crippen LogP contribution is -2.44. The molecule has 0 atom stereocenters. The quantitative estimate of drug-likeness (QED) is 0.630. The summed E-state index contributed by atoms with van der Waals surface area (Å²) in [5, 5.41) is 3.76. The van der Waals surface area contributed by atoms with E-state index in [2.05, 4.69) is 20.3 Å². The minimum atomic E-state index is -0.641. The van der Waals surface area contributed by atoms with E-state index in [4.69, 9.17) is 4.74 Å². The van der Waals surface area contributed by atoms with E-state index in [0.717, 1.165) is 6.20 Å². The fourth-order valence-corrected chi connectivity index (χ4v) is 3.64. The zero-order valence-corrected chi connectivity index (χ0v) is 18.2. The third-order valence-electron chi connectivity index (χ3n) is 5.16. The van der Waals surface area contributed by atoms with E-state index < -0.39 is 17.2 Å². The number of likely N-dealkylation sites (tertiary alicyclic amines) is 1. The van der Waals surface area contributed by atoms with E-state index in [1.165, 1.54) is 12.3 Å². The number of pyridine rings is 1. The number of benzene rings is 1. The molecule has 1 amide bonds. The van der Waals surface area contributed by atoms with E-state index in [1.807, 2.05) is 20.8 Å². The number of nitrogens with zero attached hydrogens (tertiary/aromatic N) is 4. The number of amides is 1. The van der Waals surface area contributed by atoms with Crippen LogP contribution < -0.4 is 5.32 Å². The normalized spacial score (nSPS) is 15.1. The Bertz CT molecular complexity index is 1140. The van der Waals surface area contributed by atoms with Gasteiger partial charge in [0.2, 0.25) is 5.95 Å². The molecule has 0 radical (unpaired) electrons. The van der Waals surface area contributed by atoms with E-state index in [1.54, 1.807) is 23.1 Å². The summed E-state index contributed by atoms with van der Waals surface area (Å²) >= 11 is 0. The van der Waals surface area contributed by atoms with Crippen LogP contribution in [0.3, 0.4) is 0 Å².